The van der Waals surface area contributed by atoms with Gasteiger partial charge >= 0.3 is 0 Å². The summed E-state index contributed by atoms with van der Waals surface area (Å²) in [5, 5.41) is 17.6. The molecule has 1 aromatic heterocycles. The van der Waals surface area contributed by atoms with Crippen LogP contribution in [-0.4, -0.2) is 26.2 Å². The van der Waals surface area contributed by atoms with Gasteiger partial charge in [-0.25, -0.2) is 0 Å². The lowest BCUT2D eigenvalue weighted by Crippen LogP contribution is -2.50. The number of non-ortho nitro benzene ring substituents is 1. The minimum atomic E-state index is -0.586. The molecule has 1 saturated carbocycles. The molecule has 0 bridgehead atoms. The highest BCUT2D eigenvalue weighted by Gasteiger charge is 2.40. The molecule has 1 heterocycles. The zero-order valence-electron chi connectivity index (χ0n) is 15.3. The van der Waals surface area contributed by atoms with Crippen LogP contribution in [0.4, 0.5) is 5.69 Å². The molecule has 1 aliphatic rings. The van der Waals surface area contributed by atoms with Crippen molar-refractivity contribution < 1.29 is 14.2 Å². The Balaban J connectivity index is 1.70. The van der Waals surface area contributed by atoms with Crippen LogP contribution in [0.15, 0.2) is 33.7 Å². The molecule has 144 valence electrons. The number of hydrogen-bond acceptors (Lipinski definition) is 7. The average molecular weight is 390 g/mol. The van der Waals surface area contributed by atoms with Crippen molar-refractivity contribution in [2.75, 3.05) is 0 Å². The zero-order chi connectivity index (χ0) is 19.4. The summed E-state index contributed by atoms with van der Waals surface area (Å²) in [6.45, 7) is 3.56. The summed E-state index contributed by atoms with van der Waals surface area (Å²) in [6, 6.07) is 6.20. The molecule has 8 nitrogen and oxygen atoms in total. The third-order valence-corrected chi connectivity index (χ3v) is 5.87. The Hall–Kier alpha value is -2.42. The van der Waals surface area contributed by atoms with E-state index in [1.165, 1.54) is 23.9 Å². The van der Waals surface area contributed by atoms with E-state index in [9.17, 15) is 14.9 Å². The van der Waals surface area contributed by atoms with Crippen LogP contribution >= 0.6 is 11.8 Å². The number of amides is 1. The number of rotatable bonds is 6. The van der Waals surface area contributed by atoms with Gasteiger partial charge in [-0.05, 0) is 31.9 Å². The van der Waals surface area contributed by atoms with E-state index >= 15 is 0 Å². The maximum atomic E-state index is 12.8. The lowest BCUT2D eigenvalue weighted by molar-refractivity contribution is -0.384. The molecule has 1 fully saturated rings. The van der Waals surface area contributed by atoms with E-state index in [1.807, 2.05) is 6.92 Å². The molecule has 1 N–H and O–H groups in total. The van der Waals surface area contributed by atoms with Gasteiger partial charge in [0.15, 0.2) is 5.82 Å². The number of nitro benzene ring substituents is 1. The summed E-state index contributed by atoms with van der Waals surface area (Å²) in [4.78, 5) is 28.3. The van der Waals surface area contributed by atoms with Crippen molar-refractivity contribution >= 4 is 23.4 Å². The van der Waals surface area contributed by atoms with Gasteiger partial charge < -0.3 is 9.84 Å². The Morgan fingerprint density at radius 2 is 1.96 bits per heavy atom. The van der Waals surface area contributed by atoms with Crippen molar-refractivity contribution in [1.82, 2.24) is 15.5 Å². The number of nitrogens with zero attached hydrogens (tertiary/aromatic N) is 3. The normalized spacial score (nSPS) is 17.3. The molecule has 0 radical (unpaired) electrons. The number of nitro groups is 1. The summed E-state index contributed by atoms with van der Waals surface area (Å²) in [5.41, 5.74) is -0.553. The Morgan fingerprint density at radius 3 is 2.52 bits per heavy atom. The minimum Gasteiger partial charge on any atom is -0.342 e. The molecule has 2 aromatic rings. The first-order valence-electron chi connectivity index (χ1n) is 8.93. The first-order chi connectivity index (χ1) is 12.9. The standard InChI is InChI=1S/C18H22N4O4S/c1-12(27-15-8-6-14(7-9-15)22(24)25)16(23)20-18(10-4-3-5-11-18)17-19-13(2)26-21-17/h6-9,12H,3-5,10-11H2,1-2H3,(H,20,23). The number of aromatic nitrogens is 2. The Morgan fingerprint density at radius 1 is 1.30 bits per heavy atom. The quantitative estimate of drug-likeness (QED) is 0.454. The van der Waals surface area contributed by atoms with Crippen LogP contribution in [-0.2, 0) is 10.3 Å². The van der Waals surface area contributed by atoms with E-state index in [1.54, 1.807) is 19.1 Å². The molecule has 9 heteroatoms. The van der Waals surface area contributed by atoms with E-state index in [0.29, 0.717) is 11.7 Å². The highest BCUT2D eigenvalue weighted by Crippen LogP contribution is 2.36. The van der Waals surface area contributed by atoms with Gasteiger partial charge in [0, 0.05) is 24.0 Å². The molecule has 27 heavy (non-hydrogen) atoms. The van der Waals surface area contributed by atoms with Crippen molar-refractivity contribution in [2.45, 2.75) is 61.6 Å². The Kier molecular flexibility index (Phi) is 5.79. The highest BCUT2D eigenvalue weighted by atomic mass is 32.2. The minimum absolute atomic E-state index is 0.0325. The Bertz CT molecular complexity index is 815. The van der Waals surface area contributed by atoms with Crippen molar-refractivity contribution in [2.24, 2.45) is 0 Å². The molecule has 0 spiro atoms. The molecule has 1 atom stereocenters. The van der Waals surface area contributed by atoms with E-state index in [2.05, 4.69) is 15.5 Å². The van der Waals surface area contributed by atoms with Crippen molar-refractivity contribution in [3.63, 3.8) is 0 Å². The number of hydrogen-bond donors (Lipinski definition) is 1. The van der Waals surface area contributed by atoms with E-state index in [4.69, 9.17) is 4.52 Å². The largest absolute Gasteiger partial charge is 0.342 e. The summed E-state index contributed by atoms with van der Waals surface area (Å²) in [5.74, 6) is 0.917. The lowest BCUT2D eigenvalue weighted by atomic mass is 9.81. The van der Waals surface area contributed by atoms with Crippen LogP contribution in [0.5, 0.6) is 0 Å². The fourth-order valence-electron chi connectivity index (χ4n) is 3.29. The van der Waals surface area contributed by atoms with Gasteiger partial charge in [-0.2, -0.15) is 4.98 Å². The maximum absolute atomic E-state index is 12.8. The highest BCUT2D eigenvalue weighted by molar-refractivity contribution is 8.00. The van der Waals surface area contributed by atoms with Crippen LogP contribution in [0.2, 0.25) is 0 Å². The van der Waals surface area contributed by atoms with Crippen molar-refractivity contribution in [3.05, 3.63) is 46.1 Å². The molecule has 1 unspecified atom stereocenters. The molecule has 3 rings (SSSR count). The van der Waals surface area contributed by atoms with E-state index in [-0.39, 0.29) is 16.8 Å². The SMILES string of the molecule is Cc1nc(C2(NC(=O)C(C)Sc3ccc([N+](=O)[O-])cc3)CCCCC2)no1. The summed E-state index contributed by atoms with van der Waals surface area (Å²) in [6.07, 6.45) is 4.69. The summed E-state index contributed by atoms with van der Waals surface area (Å²) < 4.78 is 5.14. The number of aryl methyl sites for hydroxylation is 1. The molecular weight excluding hydrogens is 368 g/mol. The monoisotopic (exact) mass is 390 g/mol. The van der Waals surface area contributed by atoms with Crippen molar-refractivity contribution in [3.8, 4) is 0 Å². The predicted molar refractivity (Wildman–Crippen MR) is 100 cm³/mol. The first kappa shape index (κ1) is 19.3. The van der Waals surface area contributed by atoms with Crippen molar-refractivity contribution in [1.29, 1.82) is 0 Å². The van der Waals surface area contributed by atoms with Gasteiger partial charge in [0.2, 0.25) is 11.8 Å². The van der Waals surface area contributed by atoms with Crippen LogP contribution in [0.3, 0.4) is 0 Å². The fraction of sp³-hybridized carbons (Fsp3) is 0.500. The molecular formula is C18H22N4O4S. The second kappa shape index (κ2) is 8.08. The fourth-order valence-corrected chi connectivity index (χ4v) is 4.16. The predicted octanol–water partition coefficient (Wildman–Crippen LogP) is 3.74. The second-order valence-electron chi connectivity index (χ2n) is 6.78. The van der Waals surface area contributed by atoms with Gasteiger partial charge in [-0.1, -0.05) is 24.4 Å². The topological polar surface area (TPSA) is 111 Å². The molecule has 0 saturated heterocycles. The second-order valence-corrected chi connectivity index (χ2v) is 8.19. The molecule has 1 amide bonds. The smallest absolute Gasteiger partial charge is 0.269 e. The molecule has 1 aliphatic carbocycles. The third kappa shape index (κ3) is 4.47. The van der Waals surface area contributed by atoms with Crippen LogP contribution in [0.1, 0.15) is 50.7 Å². The third-order valence-electron chi connectivity index (χ3n) is 4.75. The summed E-state index contributed by atoms with van der Waals surface area (Å²) in [7, 11) is 0. The van der Waals surface area contributed by atoms with E-state index in [0.717, 1.165) is 37.0 Å². The number of carbonyl (C=O) groups is 1. The lowest BCUT2D eigenvalue weighted by Gasteiger charge is -2.36. The van der Waals surface area contributed by atoms with Gasteiger partial charge in [0.05, 0.1) is 10.2 Å². The number of carbonyl (C=O) groups excluding carboxylic acids is 1. The Labute approximate surface area is 161 Å². The molecule has 0 aliphatic heterocycles. The van der Waals surface area contributed by atoms with Gasteiger partial charge in [-0.3, -0.25) is 14.9 Å². The van der Waals surface area contributed by atoms with Gasteiger partial charge in [0.25, 0.3) is 5.69 Å². The average Bonchev–Trinajstić information content (AvgIpc) is 3.10. The first-order valence-corrected chi connectivity index (χ1v) is 9.81. The van der Waals surface area contributed by atoms with E-state index < -0.39 is 10.5 Å². The number of thioether (sulfide) groups is 1. The van der Waals surface area contributed by atoms with Crippen LogP contribution in [0, 0.1) is 17.0 Å². The molecule has 1 aromatic carbocycles. The van der Waals surface area contributed by atoms with Gasteiger partial charge in [-0.15, -0.1) is 11.8 Å². The summed E-state index contributed by atoms with van der Waals surface area (Å²) >= 11 is 1.36. The number of nitrogens with one attached hydrogen (secondary N) is 1. The number of benzene rings is 1. The maximum Gasteiger partial charge on any atom is 0.269 e. The van der Waals surface area contributed by atoms with Gasteiger partial charge in [0.1, 0.15) is 5.54 Å². The van der Waals surface area contributed by atoms with Crippen LogP contribution < -0.4 is 5.32 Å². The zero-order valence-corrected chi connectivity index (χ0v) is 16.1. The van der Waals surface area contributed by atoms with Crippen LogP contribution in [0.25, 0.3) is 0 Å².